The summed E-state index contributed by atoms with van der Waals surface area (Å²) in [5, 5.41) is 2.91. The average Bonchev–Trinajstić information content (AvgIpc) is 3.17. The highest BCUT2D eigenvalue weighted by Crippen LogP contribution is 2.39. The number of likely N-dealkylation sites (tertiary alicyclic amines) is 1. The highest BCUT2D eigenvalue weighted by atomic mass is 19.4. The highest BCUT2D eigenvalue weighted by Gasteiger charge is 2.54. The summed E-state index contributed by atoms with van der Waals surface area (Å²) in [5.41, 5.74) is -0.693. The molecule has 0 saturated carbocycles. The van der Waals surface area contributed by atoms with E-state index in [0.717, 1.165) is 24.2 Å². The number of carbonyl (C=O) groups excluding carboxylic acids is 3. The Bertz CT molecular complexity index is 1150. The minimum Gasteiger partial charge on any atom is -0.354 e. The van der Waals surface area contributed by atoms with Crippen molar-refractivity contribution in [2.45, 2.75) is 44.8 Å². The smallest absolute Gasteiger partial charge is 0.354 e. The van der Waals surface area contributed by atoms with Gasteiger partial charge in [0.25, 0.3) is 11.8 Å². The second kappa shape index (κ2) is 11.0. The molecular formula is C28H33F3N4O3. The van der Waals surface area contributed by atoms with Gasteiger partial charge in [-0.05, 0) is 55.2 Å². The molecule has 38 heavy (non-hydrogen) atoms. The summed E-state index contributed by atoms with van der Waals surface area (Å²) in [6, 6.07) is 13.7. The van der Waals surface area contributed by atoms with E-state index in [1.165, 1.54) is 12.1 Å². The molecule has 0 aromatic heterocycles. The summed E-state index contributed by atoms with van der Waals surface area (Å²) in [7, 11) is 0. The Morgan fingerprint density at radius 1 is 1.03 bits per heavy atom. The third kappa shape index (κ3) is 5.63. The van der Waals surface area contributed by atoms with E-state index in [4.69, 9.17) is 0 Å². The first-order chi connectivity index (χ1) is 18.0. The van der Waals surface area contributed by atoms with Crippen LogP contribution in [0.5, 0.6) is 0 Å². The maximum absolute atomic E-state index is 13.8. The van der Waals surface area contributed by atoms with Gasteiger partial charge in [0.05, 0.1) is 12.2 Å². The second-order valence-electron chi connectivity index (χ2n) is 10.1. The molecule has 2 heterocycles. The van der Waals surface area contributed by atoms with E-state index in [-0.39, 0.29) is 49.6 Å². The number of carbonyl (C=O) groups is 3. The van der Waals surface area contributed by atoms with Gasteiger partial charge >= 0.3 is 6.18 Å². The molecule has 2 aliphatic rings. The molecule has 2 saturated heterocycles. The number of para-hydroxylation sites is 1. The third-order valence-electron chi connectivity index (χ3n) is 7.60. The summed E-state index contributed by atoms with van der Waals surface area (Å²) < 4.78 is 38.7. The maximum Gasteiger partial charge on any atom is 0.416 e. The van der Waals surface area contributed by atoms with Crippen molar-refractivity contribution in [2.24, 2.45) is 5.92 Å². The van der Waals surface area contributed by atoms with E-state index < -0.39 is 17.3 Å². The normalized spacial score (nSPS) is 18.1. The van der Waals surface area contributed by atoms with Crippen molar-refractivity contribution in [1.29, 1.82) is 0 Å². The Labute approximate surface area is 220 Å². The quantitative estimate of drug-likeness (QED) is 0.584. The highest BCUT2D eigenvalue weighted by molar-refractivity contribution is 5.97. The Kier molecular flexibility index (Phi) is 7.99. The zero-order valence-electron chi connectivity index (χ0n) is 21.6. The topological polar surface area (TPSA) is 73.0 Å². The molecular weight excluding hydrogens is 497 g/mol. The molecule has 204 valence electrons. The lowest BCUT2D eigenvalue weighted by Gasteiger charge is -2.43. The van der Waals surface area contributed by atoms with E-state index in [2.05, 4.69) is 12.2 Å². The Morgan fingerprint density at radius 3 is 2.24 bits per heavy atom. The molecule has 0 bridgehead atoms. The number of piperidine rings is 1. The number of amides is 3. The first-order valence-corrected chi connectivity index (χ1v) is 12.9. The molecule has 2 aromatic rings. The number of hydrogen-bond acceptors (Lipinski definition) is 4. The number of anilines is 1. The van der Waals surface area contributed by atoms with Crippen LogP contribution in [0.1, 0.15) is 49.0 Å². The fourth-order valence-corrected chi connectivity index (χ4v) is 5.05. The summed E-state index contributed by atoms with van der Waals surface area (Å²) in [4.78, 5) is 44.6. The van der Waals surface area contributed by atoms with Crippen molar-refractivity contribution < 1.29 is 27.6 Å². The lowest BCUT2D eigenvalue weighted by molar-refractivity contribution is -0.137. The SMILES string of the molecule is CCC(C)CNC(=O)CN1CN(c2ccccc2)C2(CCN(C(=O)c3ccc(C(F)(F)F)cc3)CC2)C1=O. The van der Waals surface area contributed by atoms with Crippen molar-refractivity contribution in [3.8, 4) is 0 Å². The lowest BCUT2D eigenvalue weighted by atomic mass is 9.85. The number of benzene rings is 2. The Balaban J connectivity index is 1.49. The van der Waals surface area contributed by atoms with Crippen molar-refractivity contribution in [1.82, 2.24) is 15.1 Å². The van der Waals surface area contributed by atoms with Crippen LogP contribution in [0.2, 0.25) is 0 Å². The van der Waals surface area contributed by atoms with Crippen LogP contribution in [0.4, 0.5) is 18.9 Å². The molecule has 2 fully saturated rings. The van der Waals surface area contributed by atoms with E-state index >= 15 is 0 Å². The lowest BCUT2D eigenvalue weighted by Crippen LogP contribution is -2.57. The van der Waals surface area contributed by atoms with Gasteiger partial charge in [-0.15, -0.1) is 0 Å². The first kappa shape index (κ1) is 27.5. The van der Waals surface area contributed by atoms with E-state index in [1.54, 1.807) is 9.80 Å². The molecule has 3 amide bonds. The molecule has 0 aliphatic carbocycles. The summed E-state index contributed by atoms with van der Waals surface area (Å²) in [6.07, 6.45) is -2.84. The monoisotopic (exact) mass is 530 g/mol. The van der Waals surface area contributed by atoms with Crippen LogP contribution in [0.15, 0.2) is 54.6 Å². The molecule has 1 atom stereocenters. The number of halogens is 3. The van der Waals surface area contributed by atoms with Crippen molar-refractivity contribution in [2.75, 3.05) is 37.7 Å². The molecule has 2 aromatic carbocycles. The number of nitrogens with one attached hydrogen (secondary N) is 1. The summed E-state index contributed by atoms with van der Waals surface area (Å²) >= 11 is 0. The van der Waals surface area contributed by atoms with Crippen LogP contribution in [-0.4, -0.2) is 65.9 Å². The van der Waals surface area contributed by atoms with Gasteiger partial charge in [-0.1, -0.05) is 38.5 Å². The fourth-order valence-electron chi connectivity index (χ4n) is 5.05. The van der Waals surface area contributed by atoms with Gasteiger partial charge in [0.2, 0.25) is 5.91 Å². The van der Waals surface area contributed by atoms with Crippen LogP contribution in [0.25, 0.3) is 0 Å². The fraction of sp³-hybridized carbons (Fsp3) is 0.464. The number of alkyl halides is 3. The summed E-state index contributed by atoms with van der Waals surface area (Å²) in [6.45, 7) is 5.39. The van der Waals surface area contributed by atoms with E-state index in [1.807, 2.05) is 42.2 Å². The van der Waals surface area contributed by atoms with Crippen LogP contribution in [0.3, 0.4) is 0 Å². The largest absolute Gasteiger partial charge is 0.416 e. The molecule has 2 aliphatic heterocycles. The Morgan fingerprint density at radius 2 is 1.66 bits per heavy atom. The number of rotatable bonds is 7. The van der Waals surface area contributed by atoms with Crippen molar-refractivity contribution in [3.63, 3.8) is 0 Å². The molecule has 1 N–H and O–H groups in total. The first-order valence-electron chi connectivity index (χ1n) is 12.9. The zero-order valence-corrected chi connectivity index (χ0v) is 21.6. The van der Waals surface area contributed by atoms with Gasteiger partial charge in [-0.2, -0.15) is 13.2 Å². The van der Waals surface area contributed by atoms with Crippen LogP contribution < -0.4 is 10.2 Å². The van der Waals surface area contributed by atoms with Gasteiger partial charge in [-0.3, -0.25) is 14.4 Å². The van der Waals surface area contributed by atoms with E-state index in [0.29, 0.717) is 25.3 Å². The standard InChI is InChI=1S/C28H33F3N4O3/c1-3-20(2)17-32-24(36)18-34-19-35(23-7-5-4-6-8-23)27(26(34)38)13-15-33(16-14-27)25(37)21-9-11-22(12-10-21)28(29,30)31/h4-12,20H,3,13-19H2,1-2H3,(H,32,36). The van der Waals surface area contributed by atoms with Gasteiger partial charge in [0.15, 0.2) is 0 Å². The molecule has 0 radical (unpaired) electrons. The molecule has 1 spiro atoms. The maximum atomic E-state index is 13.8. The van der Waals surface area contributed by atoms with Gasteiger partial charge in [0, 0.05) is 30.9 Å². The van der Waals surface area contributed by atoms with Crippen molar-refractivity contribution in [3.05, 3.63) is 65.7 Å². The second-order valence-corrected chi connectivity index (χ2v) is 10.1. The molecule has 7 nitrogen and oxygen atoms in total. The van der Waals surface area contributed by atoms with Gasteiger partial charge in [0.1, 0.15) is 12.1 Å². The van der Waals surface area contributed by atoms with Gasteiger partial charge in [-0.25, -0.2) is 0 Å². The number of nitrogens with zero attached hydrogens (tertiary/aromatic N) is 3. The minimum absolute atomic E-state index is 0.0471. The Hall–Kier alpha value is -3.56. The third-order valence-corrected chi connectivity index (χ3v) is 7.60. The molecule has 1 unspecified atom stereocenters. The minimum atomic E-state index is -4.47. The molecule has 4 rings (SSSR count). The van der Waals surface area contributed by atoms with Crippen LogP contribution in [0, 0.1) is 5.92 Å². The van der Waals surface area contributed by atoms with Crippen LogP contribution in [-0.2, 0) is 15.8 Å². The predicted molar refractivity (Wildman–Crippen MR) is 137 cm³/mol. The van der Waals surface area contributed by atoms with Gasteiger partial charge < -0.3 is 20.0 Å². The van der Waals surface area contributed by atoms with E-state index in [9.17, 15) is 27.6 Å². The molecule has 10 heteroatoms. The average molecular weight is 531 g/mol. The van der Waals surface area contributed by atoms with Crippen molar-refractivity contribution >= 4 is 23.4 Å². The summed E-state index contributed by atoms with van der Waals surface area (Å²) in [5.74, 6) is -0.390. The number of hydrogen-bond donors (Lipinski definition) is 1. The predicted octanol–water partition coefficient (Wildman–Crippen LogP) is 4.15. The van der Waals surface area contributed by atoms with Crippen LogP contribution >= 0.6 is 0 Å². The zero-order chi connectivity index (χ0) is 27.5.